The number of hydrazine groups is 1. The van der Waals surface area contributed by atoms with Crippen LogP contribution in [0, 0.1) is 5.41 Å². The average molecular weight is 251 g/mol. The van der Waals surface area contributed by atoms with Crippen LogP contribution in [0.1, 0.15) is 38.5 Å². The van der Waals surface area contributed by atoms with E-state index in [1.165, 1.54) is 0 Å². The lowest BCUT2D eigenvalue weighted by molar-refractivity contribution is -0.147. The first kappa shape index (κ1) is 12.0. The molecule has 3 saturated heterocycles. The smallest absolute Gasteiger partial charge is 0.258 e. The third-order valence-electron chi connectivity index (χ3n) is 4.45. The predicted molar refractivity (Wildman–Crippen MR) is 66.4 cm³/mol. The molecule has 0 saturated carbocycles. The van der Waals surface area contributed by atoms with E-state index in [1.54, 1.807) is 10.0 Å². The van der Waals surface area contributed by atoms with Gasteiger partial charge in [-0.1, -0.05) is 12.8 Å². The predicted octanol–water partition coefficient (Wildman–Crippen LogP) is 0.516. The molecule has 0 radical (unpaired) electrons. The molecule has 3 aliphatic rings. The molecule has 5 nitrogen and oxygen atoms in total. The highest BCUT2D eigenvalue weighted by molar-refractivity contribution is 6.10. The van der Waals surface area contributed by atoms with E-state index >= 15 is 0 Å². The molecule has 18 heavy (non-hydrogen) atoms. The number of hydrogen-bond donors (Lipinski definition) is 1. The third-order valence-corrected chi connectivity index (χ3v) is 4.45. The van der Waals surface area contributed by atoms with Crippen molar-refractivity contribution in [3.05, 3.63) is 0 Å². The van der Waals surface area contributed by atoms with Crippen LogP contribution >= 0.6 is 0 Å². The first-order valence-electron chi connectivity index (χ1n) is 7.10. The standard InChI is InChI=1S/C13H21N3O2/c17-11-13(6-5-7-14-10-13)12(18)16-9-4-2-1-3-8-15(11)16/h14H,1-10H2. The van der Waals surface area contributed by atoms with Crippen molar-refractivity contribution < 1.29 is 9.59 Å². The normalized spacial score (nSPS) is 28.2. The SMILES string of the molecule is O=C1N2CCCCCCN2C(=O)C12CCCNC2. The van der Waals surface area contributed by atoms with Crippen molar-refractivity contribution in [1.29, 1.82) is 0 Å². The lowest BCUT2D eigenvalue weighted by atomic mass is 9.80. The Morgan fingerprint density at radius 2 is 1.50 bits per heavy atom. The van der Waals surface area contributed by atoms with Crippen LogP contribution < -0.4 is 5.32 Å². The molecule has 0 unspecified atom stereocenters. The number of nitrogens with zero attached hydrogens (tertiary/aromatic N) is 2. The van der Waals surface area contributed by atoms with Gasteiger partial charge in [0.1, 0.15) is 5.41 Å². The molecule has 3 fully saturated rings. The molecule has 5 heteroatoms. The fourth-order valence-electron chi connectivity index (χ4n) is 3.40. The molecule has 2 amide bonds. The van der Waals surface area contributed by atoms with Crippen LogP contribution in [0.15, 0.2) is 0 Å². The Kier molecular flexibility index (Phi) is 3.01. The van der Waals surface area contributed by atoms with E-state index in [9.17, 15) is 9.59 Å². The van der Waals surface area contributed by atoms with Gasteiger partial charge in [-0.05, 0) is 32.2 Å². The van der Waals surface area contributed by atoms with Gasteiger partial charge in [-0.3, -0.25) is 19.6 Å². The van der Waals surface area contributed by atoms with Gasteiger partial charge < -0.3 is 5.32 Å². The van der Waals surface area contributed by atoms with Gasteiger partial charge >= 0.3 is 0 Å². The van der Waals surface area contributed by atoms with Crippen molar-refractivity contribution in [2.75, 3.05) is 26.2 Å². The van der Waals surface area contributed by atoms with E-state index in [0.717, 1.165) is 38.6 Å². The number of piperidine rings is 1. The van der Waals surface area contributed by atoms with Crippen molar-refractivity contribution in [2.45, 2.75) is 38.5 Å². The van der Waals surface area contributed by atoms with Crippen molar-refractivity contribution >= 4 is 11.8 Å². The van der Waals surface area contributed by atoms with Gasteiger partial charge in [0.05, 0.1) is 0 Å². The van der Waals surface area contributed by atoms with Gasteiger partial charge in [0.2, 0.25) is 0 Å². The van der Waals surface area contributed by atoms with Crippen molar-refractivity contribution in [1.82, 2.24) is 15.3 Å². The van der Waals surface area contributed by atoms with Crippen molar-refractivity contribution in [3.8, 4) is 0 Å². The topological polar surface area (TPSA) is 52.7 Å². The number of carbonyl (C=O) groups excluding carboxylic acids is 2. The molecule has 0 bridgehead atoms. The third kappa shape index (κ3) is 1.64. The van der Waals surface area contributed by atoms with E-state index in [0.29, 0.717) is 26.1 Å². The summed E-state index contributed by atoms with van der Waals surface area (Å²) in [6.07, 6.45) is 5.98. The molecule has 3 aliphatic heterocycles. The Hall–Kier alpha value is -1.10. The van der Waals surface area contributed by atoms with E-state index in [4.69, 9.17) is 0 Å². The summed E-state index contributed by atoms with van der Waals surface area (Å²) < 4.78 is 0. The fraction of sp³-hybridized carbons (Fsp3) is 0.846. The maximum absolute atomic E-state index is 12.6. The van der Waals surface area contributed by atoms with Gasteiger partial charge in [0, 0.05) is 19.6 Å². The van der Waals surface area contributed by atoms with Crippen LogP contribution in [0.3, 0.4) is 0 Å². The van der Waals surface area contributed by atoms with Gasteiger partial charge in [-0.2, -0.15) is 0 Å². The van der Waals surface area contributed by atoms with Gasteiger partial charge in [-0.15, -0.1) is 0 Å². The summed E-state index contributed by atoms with van der Waals surface area (Å²) in [5.74, 6) is 0.0863. The number of carbonyl (C=O) groups is 2. The van der Waals surface area contributed by atoms with E-state index < -0.39 is 5.41 Å². The van der Waals surface area contributed by atoms with Crippen molar-refractivity contribution in [2.24, 2.45) is 5.41 Å². The summed E-state index contributed by atoms with van der Waals surface area (Å²) in [6.45, 7) is 2.87. The fourth-order valence-corrected chi connectivity index (χ4v) is 3.40. The zero-order valence-electron chi connectivity index (χ0n) is 10.8. The Labute approximate surface area is 107 Å². The second-order valence-corrected chi connectivity index (χ2v) is 5.63. The molecule has 0 aromatic rings. The summed E-state index contributed by atoms with van der Waals surface area (Å²) in [4.78, 5) is 25.2. The second-order valence-electron chi connectivity index (χ2n) is 5.63. The minimum absolute atomic E-state index is 0.0431. The van der Waals surface area contributed by atoms with E-state index in [2.05, 4.69) is 5.32 Å². The molecule has 0 aliphatic carbocycles. The first-order chi connectivity index (χ1) is 8.76. The van der Waals surface area contributed by atoms with Crippen LogP contribution in [0.5, 0.6) is 0 Å². The van der Waals surface area contributed by atoms with Gasteiger partial charge in [0.15, 0.2) is 0 Å². The molecular weight excluding hydrogens is 230 g/mol. The zero-order valence-corrected chi connectivity index (χ0v) is 10.8. The second kappa shape index (κ2) is 4.53. The van der Waals surface area contributed by atoms with Gasteiger partial charge in [0.25, 0.3) is 11.8 Å². The Morgan fingerprint density at radius 3 is 2.00 bits per heavy atom. The minimum Gasteiger partial charge on any atom is -0.315 e. The molecule has 3 heterocycles. The van der Waals surface area contributed by atoms with Crippen molar-refractivity contribution in [3.63, 3.8) is 0 Å². The number of hydrogen-bond acceptors (Lipinski definition) is 3. The van der Waals surface area contributed by atoms with Crippen LogP contribution in [0.25, 0.3) is 0 Å². The summed E-state index contributed by atoms with van der Waals surface area (Å²) in [5.41, 5.74) is -0.775. The van der Waals surface area contributed by atoms with Crippen LogP contribution in [-0.4, -0.2) is 48.0 Å². The highest BCUT2D eigenvalue weighted by Crippen LogP contribution is 2.38. The summed E-state index contributed by atoms with van der Waals surface area (Å²) in [6, 6.07) is 0. The molecule has 1 N–H and O–H groups in total. The Bertz CT molecular complexity index is 335. The number of rotatable bonds is 0. The highest BCUT2D eigenvalue weighted by atomic mass is 16.2. The maximum Gasteiger partial charge on any atom is 0.258 e. The first-order valence-corrected chi connectivity index (χ1v) is 7.10. The zero-order chi connectivity index (χ0) is 12.6. The summed E-state index contributed by atoms with van der Waals surface area (Å²) in [5, 5.41) is 6.69. The molecular formula is C13H21N3O2. The minimum atomic E-state index is -0.775. The van der Waals surface area contributed by atoms with Gasteiger partial charge in [-0.25, -0.2) is 0 Å². The van der Waals surface area contributed by atoms with Crippen LogP contribution in [0.4, 0.5) is 0 Å². The lowest BCUT2D eigenvalue weighted by Crippen LogP contribution is -2.49. The molecule has 1 spiro atoms. The molecule has 0 atom stereocenters. The Balaban J connectivity index is 1.89. The van der Waals surface area contributed by atoms with E-state index in [-0.39, 0.29) is 11.8 Å². The monoisotopic (exact) mass is 251 g/mol. The van der Waals surface area contributed by atoms with Crippen LogP contribution in [0.2, 0.25) is 0 Å². The summed E-state index contributed by atoms with van der Waals surface area (Å²) >= 11 is 0. The van der Waals surface area contributed by atoms with Crippen LogP contribution in [-0.2, 0) is 9.59 Å². The Morgan fingerprint density at radius 1 is 0.889 bits per heavy atom. The average Bonchev–Trinajstić information content (AvgIpc) is 2.53. The molecule has 0 aromatic heterocycles. The maximum atomic E-state index is 12.6. The van der Waals surface area contributed by atoms with E-state index in [1.807, 2.05) is 0 Å². The largest absolute Gasteiger partial charge is 0.315 e. The number of nitrogens with one attached hydrogen (secondary N) is 1. The molecule has 100 valence electrons. The quantitative estimate of drug-likeness (QED) is 0.638. The lowest BCUT2D eigenvalue weighted by Gasteiger charge is -2.29. The molecule has 3 rings (SSSR count). The molecule has 0 aromatic carbocycles. The number of fused-ring (bicyclic) bond motifs is 1. The highest BCUT2D eigenvalue weighted by Gasteiger charge is 2.58. The summed E-state index contributed by atoms with van der Waals surface area (Å²) in [7, 11) is 0. The number of amides is 2.